The first kappa shape index (κ1) is 10.7. The van der Waals surface area contributed by atoms with Gasteiger partial charge in [-0.2, -0.15) is 0 Å². The van der Waals surface area contributed by atoms with E-state index in [0.717, 1.165) is 0 Å². The van der Waals surface area contributed by atoms with Gasteiger partial charge in [-0.1, -0.05) is 18.2 Å². The van der Waals surface area contributed by atoms with Gasteiger partial charge in [-0.05, 0) is 19.8 Å². The lowest BCUT2D eigenvalue weighted by Crippen LogP contribution is -1.99. The molecule has 4 nitrogen and oxygen atoms in total. The van der Waals surface area contributed by atoms with Crippen molar-refractivity contribution in [2.45, 2.75) is 19.8 Å². The molecule has 0 radical (unpaired) electrons. The topological polar surface area (TPSA) is 63.4 Å². The van der Waals surface area contributed by atoms with Gasteiger partial charge in [-0.25, -0.2) is 0 Å². The molecule has 0 aliphatic carbocycles. The maximum Gasteiger partial charge on any atom is 0.275 e. The van der Waals surface area contributed by atoms with Crippen LogP contribution < -0.4 is 0 Å². The van der Waals surface area contributed by atoms with E-state index in [0.29, 0.717) is 24.0 Å². The first-order valence-electron chi connectivity index (χ1n) is 4.50. The average Bonchev–Trinajstić information content (AvgIpc) is 2.14. The molecule has 0 amide bonds. The predicted molar refractivity (Wildman–Crippen MR) is 53.2 cm³/mol. The standard InChI is InChI=1S/C10H13NO3/c1-8-4-2-5-9(6-3-7-12)10(8)11(13)14/h2,4-5,12H,3,6-7H2,1H3. The van der Waals surface area contributed by atoms with Crippen molar-refractivity contribution in [2.24, 2.45) is 0 Å². The summed E-state index contributed by atoms with van der Waals surface area (Å²) in [7, 11) is 0. The van der Waals surface area contributed by atoms with Gasteiger partial charge >= 0.3 is 0 Å². The number of hydrogen-bond donors (Lipinski definition) is 1. The molecule has 0 saturated heterocycles. The second kappa shape index (κ2) is 4.72. The van der Waals surface area contributed by atoms with Gasteiger partial charge in [0.05, 0.1) is 4.92 Å². The van der Waals surface area contributed by atoms with Crippen LogP contribution in [0.15, 0.2) is 18.2 Å². The van der Waals surface area contributed by atoms with E-state index in [-0.39, 0.29) is 17.2 Å². The molecule has 0 saturated carbocycles. The van der Waals surface area contributed by atoms with Crippen molar-refractivity contribution in [1.82, 2.24) is 0 Å². The van der Waals surface area contributed by atoms with Crippen LogP contribution >= 0.6 is 0 Å². The Morgan fingerprint density at radius 2 is 2.21 bits per heavy atom. The number of benzene rings is 1. The molecular weight excluding hydrogens is 182 g/mol. The number of nitro groups is 1. The molecule has 0 fully saturated rings. The second-order valence-corrected chi connectivity index (χ2v) is 3.17. The quantitative estimate of drug-likeness (QED) is 0.588. The number of aryl methyl sites for hydroxylation is 2. The molecule has 0 heterocycles. The average molecular weight is 195 g/mol. The van der Waals surface area contributed by atoms with Crippen molar-refractivity contribution in [3.63, 3.8) is 0 Å². The molecule has 76 valence electrons. The molecule has 0 bridgehead atoms. The number of nitrogens with zero attached hydrogens (tertiary/aromatic N) is 1. The number of aliphatic hydroxyl groups is 1. The van der Waals surface area contributed by atoms with E-state index in [2.05, 4.69) is 0 Å². The lowest BCUT2D eigenvalue weighted by Gasteiger charge is -2.03. The summed E-state index contributed by atoms with van der Waals surface area (Å²) in [5.41, 5.74) is 1.55. The van der Waals surface area contributed by atoms with Crippen LogP contribution in [-0.4, -0.2) is 16.6 Å². The van der Waals surface area contributed by atoms with Crippen LogP contribution in [0.1, 0.15) is 17.5 Å². The molecule has 1 aromatic rings. The van der Waals surface area contributed by atoms with Crippen molar-refractivity contribution in [1.29, 1.82) is 0 Å². The van der Waals surface area contributed by atoms with Gasteiger partial charge in [0.25, 0.3) is 5.69 Å². The second-order valence-electron chi connectivity index (χ2n) is 3.17. The molecule has 0 unspecified atom stereocenters. The van der Waals surface area contributed by atoms with Crippen molar-refractivity contribution in [2.75, 3.05) is 6.61 Å². The Balaban J connectivity index is 3.02. The van der Waals surface area contributed by atoms with Gasteiger partial charge < -0.3 is 5.11 Å². The Hall–Kier alpha value is -1.42. The van der Waals surface area contributed by atoms with Crippen molar-refractivity contribution < 1.29 is 10.0 Å². The molecule has 1 aromatic carbocycles. The molecule has 0 aromatic heterocycles. The Labute approximate surface area is 82.3 Å². The van der Waals surface area contributed by atoms with Crippen LogP contribution in [0.5, 0.6) is 0 Å². The van der Waals surface area contributed by atoms with Gasteiger partial charge in [0, 0.05) is 17.7 Å². The number of hydrogen-bond acceptors (Lipinski definition) is 3. The van der Waals surface area contributed by atoms with Gasteiger partial charge in [0.15, 0.2) is 0 Å². The van der Waals surface area contributed by atoms with E-state index in [1.54, 1.807) is 25.1 Å². The van der Waals surface area contributed by atoms with Crippen LogP contribution in [0.4, 0.5) is 5.69 Å². The highest BCUT2D eigenvalue weighted by atomic mass is 16.6. The molecule has 14 heavy (non-hydrogen) atoms. The van der Waals surface area contributed by atoms with E-state index in [4.69, 9.17) is 5.11 Å². The zero-order valence-electron chi connectivity index (χ0n) is 8.06. The van der Waals surface area contributed by atoms with E-state index in [1.165, 1.54) is 0 Å². The van der Waals surface area contributed by atoms with E-state index in [9.17, 15) is 10.1 Å². The predicted octanol–water partition coefficient (Wildman–Crippen LogP) is 1.83. The lowest BCUT2D eigenvalue weighted by atomic mass is 10.0. The molecule has 0 spiro atoms. The molecular formula is C10H13NO3. The fraction of sp³-hybridized carbons (Fsp3) is 0.400. The summed E-state index contributed by atoms with van der Waals surface area (Å²) < 4.78 is 0. The molecule has 1 N–H and O–H groups in total. The molecule has 4 heteroatoms. The molecule has 0 aliphatic heterocycles. The fourth-order valence-electron chi connectivity index (χ4n) is 1.45. The van der Waals surface area contributed by atoms with E-state index < -0.39 is 0 Å². The van der Waals surface area contributed by atoms with Crippen molar-refractivity contribution in [3.8, 4) is 0 Å². The number of para-hydroxylation sites is 1. The highest BCUT2D eigenvalue weighted by molar-refractivity contribution is 5.47. The monoisotopic (exact) mass is 195 g/mol. The normalized spacial score (nSPS) is 10.1. The summed E-state index contributed by atoms with van der Waals surface area (Å²) >= 11 is 0. The van der Waals surface area contributed by atoms with Crippen molar-refractivity contribution >= 4 is 5.69 Å². The first-order chi connectivity index (χ1) is 6.66. The van der Waals surface area contributed by atoms with Crippen LogP contribution in [0.2, 0.25) is 0 Å². The number of rotatable bonds is 4. The largest absolute Gasteiger partial charge is 0.396 e. The summed E-state index contributed by atoms with van der Waals surface area (Å²) in [6.07, 6.45) is 1.11. The summed E-state index contributed by atoms with van der Waals surface area (Å²) in [5, 5.41) is 19.4. The van der Waals surface area contributed by atoms with Crippen LogP contribution in [0, 0.1) is 17.0 Å². The summed E-state index contributed by atoms with van der Waals surface area (Å²) in [6.45, 7) is 1.78. The molecule has 1 rings (SSSR count). The highest BCUT2D eigenvalue weighted by Crippen LogP contribution is 2.23. The minimum absolute atomic E-state index is 0.0606. The SMILES string of the molecule is Cc1cccc(CCCO)c1[N+](=O)[O-]. The third-order valence-corrected chi connectivity index (χ3v) is 2.11. The van der Waals surface area contributed by atoms with Gasteiger partial charge in [0.1, 0.15) is 0 Å². The smallest absolute Gasteiger partial charge is 0.275 e. The molecule has 0 atom stereocenters. The molecule has 0 aliphatic rings. The Bertz CT molecular complexity index is 336. The number of nitro benzene ring substituents is 1. The van der Waals surface area contributed by atoms with Gasteiger partial charge in [0.2, 0.25) is 0 Å². The van der Waals surface area contributed by atoms with Crippen LogP contribution in [0.3, 0.4) is 0 Å². The third kappa shape index (κ3) is 2.29. The highest BCUT2D eigenvalue weighted by Gasteiger charge is 2.15. The third-order valence-electron chi connectivity index (χ3n) is 2.11. The maximum atomic E-state index is 10.7. The Morgan fingerprint density at radius 1 is 1.50 bits per heavy atom. The summed E-state index contributed by atoms with van der Waals surface area (Å²) in [4.78, 5) is 10.4. The summed E-state index contributed by atoms with van der Waals surface area (Å²) in [5.74, 6) is 0. The van der Waals surface area contributed by atoms with E-state index >= 15 is 0 Å². The number of aliphatic hydroxyl groups excluding tert-OH is 1. The minimum atomic E-state index is -0.359. The maximum absolute atomic E-state index is 10.7. The van der Waals surface area contributed by atoms with Gasteiger partial charge in [-0.15, -0.1) is 0 Å². The van der Waals surface area contributed by atoms with Crippen LogP contribution in [0.25, 0.3) is 0 Å². The zero-order valence-corrected chi connectivity index (χ0v) is 8.06. The van der Waals surface area contributed by atoms with Crippen molar-refractivity contribution in [3.05, 3.63) is 39.4 Å². The lowest BCUT2D eigenvalue weighted by molar-refractivity contribution is -0.386. The zero-order chi connectivity index (χ0) is 10.6. The fourth-order valence-corrected chi connectivity index (χ4v) is 1.45. The summed E-state index contributed by atoms with van der Waals surface area (Å²) in [6, 6.07) is 5.26. The minimum Gasteiger partial charge on any atom is -0.396 e. The Kier molecular flexibility index (Phi) is 3.59. The Morgan fingerprint density at radius 3 is 2.79 bits per heavy atom. The van der Waals surface area contributed by atoms with Gasteiger partial charge in [-0.3, -0.25) is 10.1 Å². The first-order valence-corrected chi connectivity index (χ1v) is 4.50. The van der Waals surface area contributed by atoms with E-state index in [1.807, 2.05) is 0 Å². The van der Waals surface area contributed by atoms with Crippen LogP contribution in [-0.2, 0) is 6.42 Å².